The van der Waals surface area contributed by atoms with Crippen LogP contribution in [0.25, 0.3) is 0 Å². The lowest BCUT2D eigenvalue weighted by atomic mass is 10.1. The zero-order chi connectivity index (χ0) is 11.9. The van der Waals surface area contributed by atoms with Gasteiger partial charge in [0.25, 0.3) is 0 Å². The maximum atomic E-state index is 8.84. The summed E-state index contributed by atoms with van der Waals surface area (Å²) in [4.78, 5) is 0.158. The second-order valence-corrected chi connectivity index (χ2v) is 6.41. The Bertz CT molecular complexity index is 237. The van der Waals surface area contributed by atoms with Crippen molar-refractivity contribution < 1.29 is 0 Å². The van der Waals surface area contributed by atoms with E-state index in [1.165, 1.54) is 44.9 Å². The van der Waals surface area contributed by atoms with Gasteiger partial charge in [-0.25, -0.2) is 0 Å². The molecule has 0 bridgehead atoms. The van der Waals surface area contributed by atoms with Gasteiger partial charge in [-0.05, 0) is 13.3 Å². The van der Waals surface area contributed by atoms with E-state index in [0.717, 1.165) is 5.75 Å². The molecule has 1 N–H and O–H groups in total. The van der Waals surface area contributed by atoms with Crippen LogP contribution in [0, 0.1) is 11.3 Å². The molecule has 1 aliphatic heterocycles. The van der Waals surface area contributed by atoms with Gasteiger partial charge < -0.3 is 0 Å². The average Bonchev–Trinajstić information content (AvgIpc) is 2.66. The van der Waals surface area contributed by atoms with Crippen LogP contribution in [0.15, 0.2) is 0 Å². The van der Waals surface area contributed by atoms with Crippen LogP contribution in [0.1, 0.15) is 58.8 Å². The Morgan fingerprint density at radius 3 is 2.62 bits per heavy atom. The highest BCUT2D eigenvalue weighted by Gasteiger charge is 2.34. The van der Waals surface area contributed by atoms with E-state index < -0.39 is 0 Å². The van der Waals surface area contributed by atoms with Crippen molar-refractivity contribution in [3.8, 4) is 6.07 Å². The van der Waals surface area contributed by atoms with Gasteiger partial charge in [0.15, 0.2) is 0 Å². The van der Waals surface area contributed by atoms with E-state index in [1.54, 1.807) is 0 Å². The number of thioether (sulfide) groups is 1. The van der Waals surface area contributed by atoms with Crippen molar-refractivity contribution >= 4 is 11.8 Å². The van der Waals surface area contributed by atoms with E-state index in [-0.39, 0.29) is 10.9 Å². The Hall–Kier alpha value is -0.200. The van der Waals surface area contributed by atoms with Gasteiger partial charge in [0.1, 0.15) is 6.04 Å². The van der Waals surface area contributed by atoms with Crippen LogP contribution in [0.4, 0.5) is 0 Å². The molecule has 3 heteroatoms. The van der Waals surface area contributed by atoms with Gasteiger partial charge in [-0.15, -0.1) is 11.8 Å². The van der Waals surface area contributed by atoms with E-state index in [1.807, 2.05) is 11.8 Å². The predicted octanol–water partition coefficient (Wildman–Crippen LogP) is 3.68. The molecule has 1 fully saturated rings. The summed E-state index contributed by atoms with van der Waals surface area (Å²) in [6.07, 6.45) is 9.28. The molecule has 0 aromatic rings. The van der Waals surface area contributed by atoms with Gasteiger partial charge >= 0.3 is 0 Å². The highest BCUT2D eigenvalue weighted by molar-refractivity contribution is 8.00. The van der Waals surface area contributed by atoms with Crippen molar-refractivity contribution in [2.75, 3.05) is 5.75 Å². The summed E-state index contributed by atoms with van der Waals surface area (Å²) in [5.41, 5.74) is 0. The second-order valence-electron chi connectivity index (χ2n) is 4.89. The van der Waals surface area contributed by atoms with Crippen LogP contribution < -0.4 is 5.32 Å². The number of hydrogen-bond acceptors (Lipinski definition) is 3. The molecule has 0 amide bonds. The lowest BCUT2D eigenvalue weighted by Gasteiger charge is -2.23. The molecule has 0 radical (unpaired) electrons. The van der Waals surface area contributed by atoms with E-state index in [0.29, 0.717) is 0 Å². The monoisotopic (exact) mass is 240 g/mol. The van der Waals surface area contributed by atoms with Crippen LogP contribution in [0.2, 0.25) is 0 Å². The quantitative estimate of drug-likeness (QED) is 0.690. The fraction of sp³-hybridized carbons (Fsp3) is 0.923. The first kappa shape index (κ1) is 13.9. The summed E-state index contributed by atoms with van der Waals surface area (Å²) in [6.45, 7) is 4.49. The van der Waals surface area contributed by atoms with E-state index >= 15 is 0 Å². The minimum Gasteiger partial charge on any atom is -0.287 e. The van der Waals surface area contributed by atoms with Crippen LogP contribution in [0.5, 0.6) is 0 Å². The van der Waals surface area contributed by atoms with Crippen LogP contribution >= 0.6 is 11.8 Å². The lowest BCUT2D eigenvalue weighted by molar-refractivity contribution is 0.448. The zero-order valence-electron chi connectivity index (χ0n) is 10.6. The summed E-state index contributed by atoms with van der Waals surface area (Å²) >= 11 is 1.91. The molecular weight excluding hydrogens is 216 g/mol. The molecule has 1 saturated heterocycles. The number of nitrogens with zero attached hydrogens (tertiary/aromatic N) is 1. The molecule has 2 atom stereocenters. The van der Waals surface area contributed by atoms with Crippen molar-refractivity contribution in [2.24, 2.45) is 0 Å². The number of nitriles is 1. The number of unbranched alkanes of at least 4 members (excludes halogenated alkanes) is 5. The highest BCUT2D eigenvalue weighted by Crippen LogP contribution is 2.34. The van der Waals surface area contributed by atoms with Crippen molar-refractivity contribution in [2.45, 2.75) is 69.7 Å². The molecule has 0 aromatic heterocycles. The summed E-state index contributed by atoms with van der Waals surface area (Å²) in [5, 5.41) is 12.3. The summed E-state index contributed by atoms with van der Waals surface area (Å²) in [6, 6.07) is 2.37. The SMILES string of the molecule is CCCCCCCCC1(C)NC(C#N)CS1. The maximum Gasteiger partial charge on any atom is 0.106 e. The third-order valence-corrected chi connectivity index (χ3v) is 4.67. The Morgan fingerprint density at radius 2 is 2.00 bits per heavy atom. The number of nitrogens with one attached hydrogen (secondary N) is 1. The van der Waals surface area contributed by atoms with Crippen LogP contribution in [0.3, 0.4) is 0 Å². The smallest absolute Gasteiger partial charge is 0.106 e. The Labute approximate surface area is 104 Å². The first-order chi connectivity index (χ1) is 7.70. The molecule has 1 rings (SSSR count). The minimum atomic E-state index is 0.0649. The molecule has 1 heterocycles. The topological polar surface area (TPSA) is 35.8 Å². The van der Waals surface area contributed by atoms with E-state index in [9.17, 15) is 0 Å². The van der Waals surface area contributed by atoms with Gasteiger partial charge in [-0.1, -0.05) is 45.4 Å². The first-order valence-corrected chi connectivity index (χ1v) is 7.50. The standard InChI is InChI=1S/C13H24N2S/c1-3-4-5-6-7-8-9-13(2)15-12(10-14)11-16-13/h12,15H,3-9,11H2,1-2H3. The number of rotatable bonds is 7. The zero-order valence-corrected chi connectivity index (χ0v) is 11.4. The first-order valence-electron chi connectivity index (χ1n) is 6.51. The largest absolute Gasteiger partial charge is 0.287 e. The molecule has 0 saturated carbocycles. The van der Waals surface area contributed by atoms with Crippen LogP contribution in [-0.2, 0) is 0 Å². The Kier molecular flexibility index (Phi) is 6.23. The fourth-order valence-electron chi connectivity index (χ4n) is 2.18. The van der Waals surface area contributed by atoms with Gasteiger partial charge in [0.05, 0.1) is 10.9 Å². The molecule has 0 aromatic carbocycles. The van der Waals surface area contributed by atoms with Crippen molar-refractivity contribution in [1.82, 2.24) is 5.32 Å². The van der Waals surface area contributed by atoms with Crippen molar-refractivity contribution in [3.05, 3.63) is 0 Å². The minimum absolute atomic E-state index is 0.0649. The maximum absolute atomic E-state index is 8.84. The summed E-state index contributed by atoms with van der Waals surface area (Å²) < 4.78 is 0. The second kappa shape index (κ2) is 7.19. The molecular formula is C13H24N2S. The lowest BCUT2D eigenvalue weighted by Crippen LogP contribution is -2.38. The normalized spacial score (nSPS) is 29.2. The van der Waals surface area contributed by atoms with Gasteiger partial charge in [0, 0.05) is 5.75 Å². The molecule has 2 unspecified atom stereocenters. The van der Waals surface area contributed by atoms with Crippen molar-refractivity contribution in [3.63, 3.8) is 0 Å². The van der Waals surface area contributed by atoms with E-state index in [4.69, 9.17) is 5.26 Å². The fourth-order valence-corrected chi connectivity index (χ4v) is 3.38. The van der Waals surface area contributed by atoms with Gasteiger partial charge in [-0.2, -0.15) is 5.26 Å². The van der Waals surface area contributed by atoms with Crippen molar-refractivity contribution in [1.29, 1.82) is 5.26 Å². The van der Waals surface area contributed by atoms with Crippen LogP contribution in [-0.4, -0.2) is 16.7 Å². The molecule has 1 aliphatic rings. The molecule has 2 nitrogen and oxygen atoms in total. The van der Waals surface area contributed by atoms with Gasteiger partial charge in [0.2, 0.25) is 0 Å². The third-order valence-electron chi connectivity index (χ3n) is 3.21. The molecule has 0 spiro atoms. The summed E-state index contributed by atoms with van der Waals surface area (Å²) in [7, 11) is 0. The average molecular weight is 240 g/mol. The number of hydrogen-bond donors (Lipinski definition) is 1. The third kappa shape index (κ3) is 4.76. The van der Waals surface area contributed by atoms with E-state index in [2.05, 4.69) is 25.2 Å². The summed E-state index contributed by atoms with van der Waals surface area (Å²) in [5.74, 6) is 0.947. The highest BCUT2D eigenvalue weighted by atomic mass is 32.2. The molecule has 16 heavy (non-hydrogen) atoms. The Balaban J connectivity index is 2.07. The Morgan fingerprint density at radius 1 is 1.31 bits per heavy atom. The molecule has 0 aliphatic carbocycles. The van der Waals surface area contributed by atoms with Gasteiger partial charge in [-0.3, -0.25) is 5.32 Å². The molecule has 92 valence electrons. The predicted molar refractivity (Wildman–Crippen MR) is 71.4 cm³/mol.